The summed E-state index contributed by atoms with van der Waals surface area (Å²) in [6, 6.07) is 12.6. The van der Waals surface area contributed by atoms with E-state index in [-0.39, 0.29) is 0 Å². The number of benzene rings is 1. The first-order chi connectivity index (χ1) is 15.7. The highest BCUT2D eigenvalue weighted by molar-refractivity contribution is 5.90. The number of aromatic nitrogens is 4. The molecular weight excluding hydrogens is 400 g/mol. The molecule has 6 rings (SSSR count). The normalized spacial score (nSPS) is 15.3. The summed E-state index contributed by atoms with van der Waals surface area (Å²) in [5.74, 6) is 2.48. The third-order valence-corrected chi connectivity index (χ3v) is 6.17. The van der Waals surface area contributed by atoms with Crippen molar-refractivity contribution in [3.63, 3.8) is 0 Å². The van der Waals surface area contributed by atoms with Gasteiger partial charge < -0.3 is 14.5 Å². The van der Waals surface area contributed by atoms with Crippen LogP contribution in [0.1, 0.15) is 22.6 Å². The highest BCUT2D eigenvalue weighted by Crippen LogP contribution is 2.36. The van der Waals surface area contributed by atoms with Gasteiger partial charge in [0.1, 0.15) is 23.9 Å². The molecule has 4 aromatic rings. The van der Waals surface area contributed by atoms with Crippen LogP contribution in [0.4, 0.5) is 17.2 Å². The SMILES string of the molecule is Cc1ccc2nc(C)nc(N3CCc4ncc(N5CCOc6ncccc65)cc4C3)c2c1. The summed E-state index contributed by atoms with van der Waals surface area (Å²) in [4.78, 5) is 23.3. The molecule has 0 spiro atoms. The van der Waals surface area contributed by atoms with Crippen LogP contribution in [-0.2, 0) is 13.0 Å². The molecule has 32 heavy (non-hydrogen) atoms. The number of anilines is 3. The molecular formula is C25H24N6O. The maximum Gasteiger partial charge on any atom is 0.237 e. The highest BCUT2D eigenvalue weighted by Gasteiger charge is 2.25. The zero-order valence-electron chi connectivity index (χ0n) is 18.2. The molecule has 0 bridgehead atoms. The Labute approximate surface area is 186 Å². The molecule has 2 aliphatic heterocycles. The molecule has 0 radical (unpaired) electrons. The molecule has 0 saturated carbocycles. The van der Waals surface area contributed by atoms with Gasteiger partial charge in [-0.15, -0.1) is 0 Å². The van der Waals surface area contributed by atoms with E-state index in [1.807, 2.05) is 25.3 Å². The summed E-state index contributed by atoms with van der Waals surface area (Å²) in [6.07, 6.45) is 4.64. The van der Waals surface area contributed by atoms with Crippen LogP contribution in [0.2, 0.25) is 0 Å². The van der Waals surface area contributed by atoms with E-state index in [0.29, 0.717) is 12.5 Å². The van der Waals surface area contributed by atoms with Gasteiger partial charge in [0.2, 0.25) is 5.88 Å². The first kappa shape index (κ1) is 19.0. The number of fused-ring (bicyclic) bond motifs is 3. The van der Waals surface area contributed by atoms with Gasteiger partial charge in [-0.3, -0.25) is 4.98 Å². The smallest absolute Gasteiger partial charge is 0.237 e. The van der Waals surface area contributed by atoms with E-state index in [2.05, 4.69) is 51.0 Å². The lowest BCUT2D eigenvalue weighted by atomic mass is 10.0. The minimum absolute atomic E-state index is 0.610. The number of rotatable bonds is 2. The van der Waals surface area contributed by atoms with Crippen molar-refractivity contribution in [1.82, 2.24) is 19.9 Å². The molecule has 0 fully saturated rings. The lowest BCUT2D eigenvalue weighted by Crippen LogP contribution is -2.33. The minimum Gasteiger partial charge on any atom is -0.474 e. The van der Waals surface area contributed by atoms with E-state index >= 15 is 0 Å². The Kier molecular flexibility index (Phi) is 4.41. The fraction of sp³-hybridized carbons (Fsp3) is 0.280. The van der Waals surface area contributed by atoms with Crippen molar-refractivity contribution in [3.05, 3.63) is 71.4 Å². The van der Waals surface area contributed by atoms with Crippen LogP contribution in [0.15, 0.2) is 48.8 Å². The second-order valence-corrected chi connectivity index (χ2v) is 8.41. The van der Waals surface area contributed by atoms with Crippen molar-refractivity contribution >= 4 is 28.1 Å². The summed E-state index contributed by atoms with van der Waals surface area (Å²) in [5, 5.41) is 1.11. The van der Waals surface area contributed by atoms with Crippen LogP contribution in [0.5, 0.6) is 5.88 Å². The maximum absolute atomic E-state index is 5.73. The third-order valence-electron chi connectivity index (χ3n) is 6.17. The molecule has 160 valence electrons. The van der Waals surface area contributed by atoms with E-state index in [1.54, 1.807) is 6.20 Å². The first-order valence-corrected chi connectivity index (χ1v) is 11.0. The number of nitrogens with zero attached hydrogens (tertiary/aromatic N) is 6. The largest absolute Gasteiger partial charge is 0.474 e. The van der Waals surface area contributed by atoms with Crippen molar-refractivity contribution in [3.8, 4) is 5.88 Å². The number of hydrogen-bond donors (Lipinski definition) is 0. The number of aryl methyl sites for hydroxylation is 2. The highest BCUT2D eigenvalue weighted by atomic mass is 16.5. The van der Waals surface area contributed by atoms with Crippen LogP contribution in [0.25, 0.3) is 10.9 Å². The van der Waals surface area contributed by atoms with E-state index in [0.717, 1.165) is 65.7 Å². The second kappa shape index (κ2) is 7.44. The summed E-state index contributed by atoms with van der Waals surface area (Å²) in [6.45, 7) is 7.13. The third kappa shape index (κ3) is 3.21. The lowest BCUT2D eigenvalue weighted by molar-refractivity contribution is 0.301. The fourth-order valence-electron chi connectivity index (χ4n) is 4.64. The van der Waals surface area contributed by atoms with Crippen molar-refractivity contribution in [2.24, 2.45) is 0 Å². The summed E-state index contributed by atoms with van der Waals surface area (Å²) >= 11 is 0. The van der Waals surface area contributed by atoms with Gasteiger partial charge in [-0.25, -0.2) is 15.0 Å². The molecule has 0 amide bonds. The predicted molar refractivity (Wildman–Crippen MR) is 125 cm³/mol. The van der Waals surface area contributed by atoms with Gasteiger partial charge in [-0.05, 0) is 49.7 Å². The van der Waals surface area contributed by atoms with Gasteiger partial charge in [0.15, 0.2) is 0 Å². The average molecular weight is 425 g/mol. The van der Waals surface area contributed by atoms with Crippen molar-refractivity contribution in [2.45, 2.75) is 26.8 Å². The van der Waals surface area contributed by atoms with E-state index in [1.165, 1.54) is 11.1 Å². The van der Waals surface area contributed by atoms with Crippen LogP contribution < -0.4 is 14.5 Å². The number of ether oxygens (including phenoxy) is 1. The van der Waals surface area contributed by atoms with Crippen LogP contribution in [0.3, 0.4) is 0 Å². The number of pyridine rings is 2. The van der Waals surface area contributed by atoms with Gasteiger partial charge in [-0.2, -0.15) is 0 Å². The molecule has 5 heterocycles. The van der Waals surface area contributed by atoms with Gasteiger partial charge >= 0.3 is 0 Å². The van der Waals surface area contributed by atoms with Crippen LogP contribution in [0, 0.1) is 13.8 Å². The molecule has 0 atom stereocenters. The van der Waals surface area contributed by atoms with E-state index in [4.69, 9.17) is 14.7 Å². The van der Waals surface area contributed by atoms with Gasteiger partial charge in [0.25, 0.3) is 0 Å². The first-order valence-electron chi connectivity index (χ1n) is 11.0. The Morgan fingerprint density at radius 3 is 2.88 bits per heavy atom. The Bertz CT molecular complexity index is 1340. The van der Waals surface area contributed by atoms with Crippen molar-refractivity contribution in [2.75, 3.05) is 29.5 Å². The number of hydrogen-bond acceptors (Lipinski definition) is 7. The topological polar surface area (TPSA) is 67.3 Å². The van der Waals surface area contributed by atoms with E-state index in [9.17, 15) is 0 Å². The molecule has 0 saturated heterocycles. The molecule has 0 unspecified atom stereocenters. The molecule has 7 heteroatoms. The fourth-order valence-corrected chi connectivity index (χ4v) is 4.64. The van der Waals surface area contributed by atoms with E-state index < -0.39 is 0 Å². The molecule has 2 aliphatic rings. The van der Waals surface area contributed by atoms with Crippen molar-refractivity contribution < 1.29 is 4.74 Å². The summed E-state index contributed by atoms with van der Waals surface area (Å²) in [5.41, 5.74) is 6.67. The quantitative estimate of drug-likeness (QED) is 0.479. The summed E-state index contributed by atoms with van der Waals surface area (Å²) in [7, 11) is 0. The second-order valence-electron chi connectivity index (χ2n) is 8.41. The predicted octanol–water partition coefficient (Wildman–Crippen LogP) is 4.13. The van der Waals surface area contributed by atoms with Crippen molar-refractivity contribution in [1.29, 1.82) is 0 Å². The summed E-state index contributed by atoms with van der Waals surface area (Å²) < 4.78 is 5.73. The molecule has 0 N–H and O–H groups in total. The average Bonchev–Trinajstić information content (AvgIpc) is 2.83. The Balaban J connectivity index is 1.37. The van der Waals surface area contributed by atoms with Gasteiger partial charge in [-0.1, -0.05) is 11.6 Å². The molecule has 1 aromatic carbocycles. The van der Waals surface area contributed by atoms with Gasteiger partial charge in [0.05, 0.1) is 23.9 Å². The Hall–Kier alpha value is -3.74. The Morgan fingerprint density at radius 2 is 1.94 bits per heavy atom. The van der Waals surface area contributed by atoms with Crippen LogP contribution >= 0.6 is 0 Å². The minimum atomic E-state index is 0.610. The molecule has 7 nitrogen and oxygen atoms in total. The lowest BCUT2D eigenvalue weighted by Gasteiger charge is -2.33. The van der Waals surface area contributed by atoms with Gasteiger partial charge in [0, 0.05) is 36.8 Å². The zero-order valence-corrected chi connectivity index (χ0v) is 18.2. The molecule has 0 aliphatic carbocycles. The zero-order chi connectivity index (χ0) is 21.7. The Morgan fingerprint density at radius 1 is 1.00 bits per heavy atom. The maximum atomic E-state index is 5.73. The standard InChI is InChI=1S/C25H24N6O/c1-16-5-6-22-20(12-16)24(29-17(2)28-22)30-9-7-21-18(15-30)13-19(14-27-21)31-10-11-32-25-23(31)4-3-8-26-25/h3-6,8,12-14H,7,9-11,15H2,1-2H3. The molecule has 3 aromatic heterocycles. The monoisotopic (exact) mass is 424 g/mol. The van der Waals surface area contributed by atoms with Crippen LogP contribution in [-0.4, -0.2) is 39.6 Å².